The predicted molar refractivity (Wildman–Crippen MR) is 143 cm³/mol. The summed E-state index contributed by atoms with van der Waals surface area (Å²) in [6, 6.07) is 30.2. The molecule has 0 spiro atoms. The van der Waals surface area contributed by atoms with E-state index in [0.717, 1.165) is 32.7 Å². The van der Waals surface area contributed by atoms with Crippen molar-refractivity contribution in [2.45, 2.75) is 0 Å². The van der Waals surface area contributed by atoms with Crippen LogP contribution in [0, 0.1) is 11.3 Å². The van der Waals surface area contributed by atoms with E-state index in [4.69, 9.17) is 4.74 Å². The molecule has 0 bridgehead atoms. The Morgan fingerprint density at radius 3 is 1.61 bits per heavy atom. The van der Waals surface area contributed by atoms with Gasteiger partial charge in [-0.05, 0) is 69.1 Å². The molecule has 0 aliphatic carbocycles. The van der Waals surface area contributed by atoms with Crippen molar-refractivity contribution < 1.29 is 14.6 Å². The van der Waals surface area contributed by atoms with E-state index in [0.29, 0.717) is 11.5 Å². The van der Waals surface area contributed by atoms with E-state index in [9.17, 15) is 15.2 Å². The number of hydrogen-bond donors (Lipinski definition) is 1. The summed E-state index contributed by atoms with van der Waals surface area (Å²) in [5, 5.41) is 23.5. The van der Waals surface area contributed by atoms with Gasteiger partial charge < -0.3 is 9.84 Å². The van der Waals surface area contributed by atoms with Gasteiger partial charge in [0.15, 0.2) is 0 Å². The van der Waals surface area contributed by atoms with Gasteiger partial charge in [0.2, 0.25) is 0 Å². The van der Waals surface area contributed by atoms with Crippen molar-refractivity contribution in [1.82, 2.24) is 0 Å². The number of carboxylic acid groups (broad SMARTS) is 1. The van der Waals surface area contributed by atoms with Crippen molar-refractivity contribution in [1.29, 1.82) is 5.26 Å². The van der Waals surface area contributed by atoms with Crippen LogP contribution in [0.2, 0.25) is 0 Å². The minimum Gasteiger partial charge on any atom is -0.477 e. The number of aliphatic carboxylic acids is 1. The Balaban J connectivity index is 1.46. The molecule has 0 unspecified atom stereocenters. The summed E-state index contributed by atoms with van der Waals surface area (Å²) in [6.45, 7) is 0. The number of rotatable bonds is 5. The lowest BCUT2D eigenvalue weighted by Gasteiger charge is -2.14. The Morgan fingerprint density at radius 2 is 1.17 bits per heavy atom. The molecule has 0 amide bonds. The van der Waals surface area contributed by atoms with Gasteiger partial charge in [0, 0.05) is 5.57 Å². The molecule has 4 aromatic rings. The SMILES string of the molecule is N#CC(C(=O)O)=C1C=C(/C=C/c2ccc3ccccc3c2)OC(/C=C/c2ccc3ccccc3c2)=C1. The van der Waals surface area contributed by atoms with E-state index in [1.807, 2.05) is 72.8 Å². The van der Waals surface area contributed by atoms with Crippen LogP contribution in [0.4, 0.5) is 0 Å². The zero-order valence-corrected chi connectivity index (χ0v) is 19.3. The zero-order chi connectivity index (χ0) is 24.9. The molecule has 1 heterocycles. The van der Waals surface area contributed by atoms with Crippen LogP contribution in [-0.4, -0.2) is 11.1 Å². The van der Waals surface area contributed by atoms with Gasteiger partial charge in [-0.1, -0.05) is 84.9 Å². The molecule has 1 aliphatic heterocycles. The topological polar surface area (TPSA) is 70.3 Å². The number of ether oxygens (including phenoxy) is 1. The average molecular weight is 468 g/mol. The van der Waals surface area contributed by atoms with Crippen molar-refractivity contribution in [2.75, 3.05) is 0 Å². The molecule has 1 aliphatic rings. The van der Waals surface area contributed by atoms with Crippen LogP contribution >= 0.6 is 0 Å². The Kier molecular flexibility index (Phi) is 6.29. The molecule has 0 fully saturated rings. The summed E-state index contributed by atoms with van der Waals surface area (Å²) in [6.07, 6.45) is 10.5. The summed E-state index contributed by atoms with van der Waals surface area (Å²) >= 11 is 0. The van der Waals surface area contributed by atoms with Gasteiger partial charge in [-0.15, -0.1) is 0 Å². The van der Waals surface area contributed by atoms with E-state index >= 15 is 0 Å². The Bertz CT molecular complexity index is 1590. The van der Waals surface area contributed by atoms with E-state index < -0.39 is 5.97 Å². The Morgan fingerprint density at radius 1 is 0.694 bits per heavy atom. The number of carbonyl (C=O) groups is 1. The van der Waals surface area contributed by atoms with Gasteiger partial charge >= 0.3 is 5.97 Å². The lowest BCUT2D eigenvalue weighted by molar-refractivity contribution is -0.132. The minimum atomic E-state index is -1.28. The number of nitriles is 1. The molecule has 4 heteroatoms. The first-order valence-corrected chi connectivity index (χ1v) is 11.4. The summed E-state index contributed by atoms with van der Waals surface area (Å²) in [5.74, 6) is -0.404. The third kappa shape index (κ3) is 5.01. The van der Waals surface area contributed by atoms with Gasteiger partial charge in [0.1, 0.15) is 23.2 Å². The second kappa shape index (κ2) is 10.0. The summed E-state index contributed by atoms with van der Waals surface area (Å²) in [4.78, 5) is 11.6. The minimum absolute atomic E-state index is 0.285. The summed E-state index contributed by atoms with van der Waals surface area (Å²) in [5.41, 5.74) is 1.90. The summed E-state index contributed by atoms with van der Waals surface area (Å²) < 4.78 is 6.02. The molecule has 0 aromatic heterocycles. The molecule has 4 nitrogen and oxygen atoms in total. The van der Waals surface area contributed by atoms with Crippen molar-refractivity contribution in [3.8, 4) is 6.07 Å². The fraction of sp³-hybridized carbons (Fsp3) is 0. The standard InChI is InChI=1S/C32H21NO3/c33-21-31(32(34)35)28-19-29(15-11-22-9-13-24-5-1-3-7-26(24)17-22)36-30(20-28)16-12-23-10-14-25-6-2-4-8-27(25)18-23/h1-20H,(H,34,35)/b15-11+,16-12+. The van der Waals surface area contributed by atoms with E-state index in [-0.39, 0.29) is 11.1 Å². The number of nitrogens with zero attached hydrogens (tertiary/aromatic N) is 1. The maximum atomic E-state index is 11.6. The van der Waals surface area contributed by atoms with E-state index in [1.165, 1.54) is 0 Å². The zero-order valence-electron chi connectivity index (χ0n) is 19.3. The van der Waals surface area contributed by atoms with Crippen LogP contribution in [-0.2, 0) is 9.53 Å². The molecule has 172 valence electrons. The van der Waals surface area contributed by atoms with Gasteiger partial charge in [-0.2, -0.15) is 5.26 Å². The first-order chi connectivity index (χ1) is 17.6. The molecule has 0 saturated carbocycles. The highest BCUT2D eigenvalue weighted by molar-refractivity contribution is 5.93. The highest BCUT2D eigenvalue weighted by Gasteiger charge is 2.16. The normalized spacial score (nSPS) is 13.5. The first kappa shape index (κ1) is 22.6. The Labute approximate surface area is 208 Å². The quantitative estimate of drug-likeness (QED) is 0.245. The number of allylic oxidation sites excluding steroid dienone is 5. The van der Waals surface area contributed by atoms with Gasteiger partial charge in [0.05, 0.1) is 0 Å². The lowest BCUT2D eigenvalue weighted by Crippen LogP contribution is -2.05. The molecule has 0 radical (unpaired) electrons. The molecule has 4 aromatic carbocycles. The van der Waals surface area contributed by atoms with Gasteiger partial charge in [-0.3, -0.25) is 0 Å². The molecule has 36 heavy (non-hydrogen) atoms. The molecule has 0 atom stereocenters. The molecule has 5 rings (SSSR count). The fourth-order valence-electron chi connectivity index (χ4n) is 4.07. The number of carboxylic acids is 1. The third-order valence-electron chi connectivity index (χ3n) is 5.87. The van der Waals surface area contributed by atoms with E-state index in [1.54, 1.807) is 30.4 Å². The monoisotopic (exact) mass is 467 g/mol. The second-order valence-corrected chi connectivity index (χ2v) is 8.32. The lowest BCUT2D eigenvalue weighted by atomic mass is 10.0. The average Bonchev–Trinajstić information content (AvgIpc) is 2.90. The maximum absolute atomic E-state index is 11.6. The van der Waals surface area contributed by atoms with Gasteiger partial charge in [-0.25, -0.2) is 4.79 Å². The van der Waals surface area contributed by atoms with Gasteiger partial charge in [0.25, 0.3) is 0 Å². The van der Waals surface area contributed by atoms with Crippen molar-refractivity contribution in [3.05, 3.63) is 143 Å². The largest absolute Gasteiger partial charge is 0.477 e. The number of fused-ring (bicyclic) bond motifs is 2. The van der Waals surface area contributed by atoms with Crippen LogP contribution in [0.5, 0.6) is 0 Å². The van der Waals surface area contributed by atoms with Crippen LogP contribution in [0.1, 0.15) is 11.1 Å². The fourth-order valence-corrected chi connectivity index (χ4v) is 4.07. The van der Waals surface area contributed by atoms with E-state index in [2.05, 4.69) is 24.3 Å². The van der Waals surface area contributed by atoms with Crippen molar-refractivity contribution >= 4 is 39.7 Å². The molecule has 0 saturated heterocycles. The van der Waals surface area contributed by atoms with Crippen molar-refractivity contribution in [2.24, 2.45) is 0 Å². The molecular weight excluding hydrogens is 446 g/mol. The third-order valence-corrected chi connectivity index (χ3v) is 5.87. The maximum Gasteiger partial charge on any atom is 0.347 e. The van der Waals surface area contributed by atoms with Crippen molar-refractivity contribution in [3.63, 3.8) is 0 Å². The summed E-state index contributed by atoms with van der Waals surface area (Å²) in [7, 11) is 0. The predicted octanol–water partition coefficient (Wildman–Crippen LogP) is 7.42. The Hall–Kier alpha value is -5.14. The van der Waals surface area contributed by atoms with Crippen LogP contribution in [0.15, 0.2) is 132 Å². The second-order valence-electron chi connectivity index (χ2n) is 8.32. The smallest absolute Gasteiger partial charge is 0.347 e. The molecular formula is C32H21NO3. The number of hydrogen-bond acceptors (Lipinski definition) is 3. The first-order valence-electron chi connectivity index (χ1n) is 11.4. The molecule has 1 N–H and O–H groups in total. The van der Waals surface area contributed by atoms with Crippen LogP contribution in [0.25, 0.3) is 33.7 Å². The number of benzene rings is 4. The highest BCUT2D eigenvalue weighted by Crippen LogP contribution is 2.26. The highest BCUT2D eigenvalue weighted by atomic mass is 16.5. The van der Waals surface area contributed by atoms with Crippen LogP contribution < -0.4 is 0 Å². The van der Waals surface area contributed by atoms with Crippen LogP contribution in [0.3, 0.4) is 0 Å².